The van der Waals surface area contributed by atoms with Gasteiger partial charge in [0.25, 0.3) is 5.91 Å². The van der Waals surface area contributed by atoms with Gasteiger partial charge in [0.05, 0.1) is 18.4 Å². The molecule has 1 aliphatic carbocycles. The number of anilines is 1. The molecule has 0 bridgehead atoms. The lowest BCUT2D eigenvalue weighted by Crippen LogP contribution is -2.57. The first-order chi connectivity index (χ1) is 19.1. The number of carboxylic acids is 1. The third kappa shape index (κ3) is 6.70. The lowest BCUT2D eigenvalue weighted by Gasteiger charge is -2.34. The Balaban J connectivity index is 1.63. The first kappa shape index (κ1) is 29.3. The van der Waals surface area contributed by atoms with Gasteiger partial charge in [0.1, 0.15) is 11.6 Å². The molecule has 11 nitrogen and oxygen atoms in total. The van der Waals surface area contributed by atoms with Gasteiger partial charge in [-0.3, -0.25) is 14.5 Å². The Labute approximate surface area is 232 Å². The molecule has 4 rings (SSSR count). The third-order valence-corrected chi connectivity index (χ3v) is 9.19. The number of urea groups is 1. The highest BCUT2D eigenvalue weighted by molar-refractivity contribution is 7.89. The van der Waals surface area contributed by atoms with Crippen LogP contribution >= 0.6 is 0 Å². The van der Waals surface area contributed by atoms with Crippen molar-refractivity contribution in [3.05, 3.63) is 54.3 Å². The van der Waals surface area contributed by atoms with E-state index >= 15 is 0 Å². The second-order valence-corrected chi connectivity index (χ2v) is 11.8. The summed E-state index contributed by atoms with van der Waals surface area (Å²) in [4.78, 5) is 39.6. The summed E-state index contributed by atoms with van der Waals surface area (Å²) in [5.41, 5.74) is 0.399. The molecule has 1 saturated heterocycles. The quantitative estimate of drug-likeness (QED) is 0.416. The highest BCUT2D eigenvalue weighted by atomic mass is 32.2. The van der Waals surface area contributed by atoms with Crippen LogP contribution in [-0.2, 0) is 19.6 Å². The van der Waals surface area contributed by atoms with Crippen LogP contribution in [0.3, 0.4) is 0 Å². The number of sulfonamides is 1. The molecule has 0 aromatic heterocycles. The summed E-state index contributed by atoms with van der Waals surface area (Å²) in [7, 11) is -2.83. The topological polar surface area (TPSA) is 145 Å². The fourth-order valence-corrected chi connectivity index (χ4v) is 6.82. The number of hydrogen-bond donors (Lipinski definition) is 3. The van der Waals surface area contributed by atoms with Crippen LogP contribution in [0.4, 0.5) is 14.9 Å². The predicted molar refractivity (Wildman–Crippen MR) is 144 cm³/mol. The SMILES string of the molecule is COc1ccc(NC(=O)N2CCN(S(=O)(=O)c3ccc(F)cc3)C2C(=O)NC(CC(=O)O)C2CCCCC2)cc1. The van der Waals surface area contributed by atoms with Gasteiger partial charge in [0.2, 0.25) is 10.0 Å². The van der Waals surface area contributed by atoms with E-state index in [1.807, 2.05) is 0 Å². The maximum Gasteiger partial charge on any atom is 0.323 e. The molecular formula is C27H33FN4O7S. The second kappa shape index (κ2) is 12.6. The van der Waals surface area contributed by atoms with Crippen molar-refractivity contribution in [3.63, 3.8) is 0 Å². The summed E-state index contributed by atoms with van der Waals surface area (Å²) in [5.74, 6) is -2.03. The van der Waals surface area contributed by atoms with Crippen LogP contribution in [0.2, 0.25) is 0 Å². The van der Waals surface area contributed by atoms with E-state index in [0.717, 1.165) is 65.6 Å². The minimum atomic E-state index is -4.33. The number of aliphatic carboxylic acids is 1. The molecule has 216 valence electrons. The molecule has 0 radical (unpaired) electrons. The zero-order chi connectivity index (χ0) is 28.9. The number of amides is 3. The Morgan fingerprint density at radius 1 is 1.02 bits per heavy atom. The van der Waals surface area contributed by atoms with E-state index < -0.39 is 46.0 Å². The summed E-state index contributed by atoms with van der Waals surface area (Å²) in [6.45, 7) is -0.297. The summed E-state index contributed by atoms with van der Waals surface area (Å²) in [6, 6.07) is 9.20. The van der Waals surface area contributed by atoms with E-state index in [-0.39, 0.29) is 30.3 Å². The van der Waals surface area contributed by atoms with Gasteiger partial charge < -0.3 is 20.5 Å². The average Bonchev–Trinajstić information content (AvgIpc) is 3.40. The number of nitrogens with zero attached hydrogens (tertiary/aromatic N) is 2. The molecule has 1 saturated carbocycles. The Kier molecular flexibility index (Phi) is 9.25. The largest absolute Gasteiger partial charge is 0.497 e. The lowest BCUT2D eigenvalue weighted by molar-refractivity contribution is -0.138. The van der Waals surface area contributed by atoms with Crippen LogP contribution in [-0.4, -0.2) is 73.0 Å². The molecule has 2 aliphatic rings. The number of carbonyl (C=O) groups excluding carboxylic acids is 2. The number of ether oxygens (including phenoxy) is 1. The molecule has 1 heterocycles. The van der Waals surface area contributed by atoms with Crippen molar-refractivity contribution in [2.75, 3.05) is 25.5 Å². The number of carboxylic acid groups (broad SMARTS) is 1. The molecule has 2 aromatic carbocycles. The van der Waals surface area contributed by atoms with Crippen LogP contribution in [0.1, 0.15) is 38.5 Å². The van der Waals surface area contributed by atoms with Crippen LogP contribution in [0.15, 0.2) is 53.4 Å². The Morgan fingerprint density at radius 3 is 2.27 bits per heavy atom. The van der Waals surface area contributed by atoms with Gasteiger partial charge in [-0.15, -0.1) is 0 Å². The predicted octanol–water partition coefficient (Wildman–Crippen LogP) is 3.24. The number of benzene rings is 2. The number of nitrogens with one attached hydrogen (secondary N) is 2. The molecule has 2 unspecified atom stereocenters. The zero-order valence-electron chi connectivity index (χ0n) is 22.1. The first-order valence-electron chi connectivity index (χ1n) is 13.1. The van der Waals surface area contributed by atoms with Crippen molar-refractivity contribution in [1.29, 1.82) is 0 Å². The second-order valence-electron chi connectivity index (χ2n) is 9.91. The van der Waals surface area contributed by atoms with Gasteiger partial charge in [-0.25, -0.2) is 17.6 Å². The molecule has 1 aliphatic heterocycles. The highest BCUT2D eigenvalue weighted by Gasteiger charge is 2.47. The van der Waals surface area contributed by atoms with Crippen molar-refractivity contribution in [2.24, 2.45) is 5.92 Å². The molecule has 40 heavy (non-hydrogen) atoms. The molecule has 2 fully saturated rings. The summed E-state index contributed by atoms with van der Waals surface area (Å²) < 4.78 is 46.7. The van der Waals surface area contributed by atoms with E-state index in [9.17, 15) is 32.3 Å². The van der Waals surface area contributed by atoms with E-state index in [1.165, 1.54) is 7.11 Å². The number of rotatable bonds is 9. The molecule has 13 heteroatoms. The number of methoxy groups -OCH3 is 1. The van der Waals surface area contributed by atoms with E-state index in [1.54, 1.807) is 24.3 Å². The Hall–Kier alpha value is -3.71. The van der Waals surface area contributed by atoms with Gasteiger partial charge in [0, 0.05) is 24.8 Å². The van der Waals surface area contributed by atoms with Crippen molar-refractivity contribution in [3.8, 4) is 5.75 Å². The third-order valence-electron chi connectivity index (χ3n) is 7.33. The summed E-state index contributed by atoms with van der Waals surface area (Å²) in [6.07, 6.45) is 2.39. The zero-order valence-corrected chi connectivity index (χ0v) is 22.9. The maximum atomic E-state index is 13.8. The normalized spacial score (nSPS) is 19.1. The fourth-order valence-electron chi connectivity index (χ4n) is 5.27. The number of halogens is 1. The van der Waals surface area contributed by atoms with Gasteiger partial charge in [-0.05, 0) is 67.3 Å². The van der Waals surface area contributed by atoms with Gasteiger partial charge in [0.15, 0.2) is 6.17 Å². The van der Waals surface area contributed by atoms with Crippen LogP contribution < -0.4 is 15.4 Å². The van der Waals surface area contributed by atoms with Crippen molar-refractivity contribution in [1.82, 2.24) is 14.5 Å². The molecule has 3 N–H and O–H groups in total. The lowest BCUT2D eigenvalue weighted by atomic mass is 9.82. The van der Waals surface area contributed by atoms with Gasteiger partial charge >= 0.3 is 12.0 Å². The monoisotopic (exact) mass is 576 g/mol. The minimum absolute atomic E-state index is 0.0843. The Morgan fingerprint density at radius 2 is 1.68 bits per heavy atom. The molecular weight excluding hydrogens is 543 g/mol. The highest BCUT2D eigenvalue weighted by Crippen LogP contribution is 2.30. The summed E-state index contributed by atoms with van der Waals surface area (Å²) in [5, 5.41) is 15.0. The van der Waals surface area contributed by atoms with Crippen LogP contribution in [0, 0.1) is 11.7 Å². The Bertz CT molecular complexity index is 1320. The fraction of sp³-hybridized carbons (Fsp3) is 0.444. The molecule has 2 atom stereocenters. The van der Waals surface area contributed by atoms with E-state index in [2.05, 4.69) is 10.6 Å². The first-order valence-corrected chi connectivity index (χ1v) is 14.6. The average molecular weight is 577 g/mol. The van der Waals surface area contributed by atoms with Crippen molar-refractivity contribution in [2.45, 2.75) is 55.6 Å². The smallest absolute Gasteiger partial charge is 0.323 e. The molecule has 0 spiro atoms. The standard InChI is InChI=1S/C27H33FN4O7S/c1-39-21-11-9-20(10-12-21)29-27(36)31-15-16-32(40(37,38)22-13-7-19(28)8-14-22)26(31)25(35)30-23(17-24(33)34)18-5-3-2-4-6-18/h7-14,18,23,26H,2-6,15-17H2,1H3,(H,29,36)(H,30,35)(H,33,34). The maximum absolute atomic E-state index is 13.8. The van der Waals surface area contributed by atoms with Crippen LogP contribution in [0.5, 0.6) is 5.75 Å². The summed E-state index contributed by atoms with van der Waals surface area (Å²) >= 11 is 0. The minimum Gasteiger partial charge on any atom is -0.497 e. The molecule has 3 amide bonds. The van der Waals surface area contributed by atoms with Crippen molar-refractivity contribution < 1.29 is 37.0 Å². The van der Waals surface area contributed by atoms with Gasteiger partial charge in [-0.2, -0.15) is 4.31 Å². The number of carbonyl (C=O) groups is 3. The van der Waals surface area contributed by atoms with E-state index in [0.29, 0.717) is 11.4 Å². The van der Waals surface area contributed by atoms with E-state index in [4.69, 9.17) is 4.74 Å². The number of hydrogen-bond acceptors (Lipinski definition) is 6. The molecule has 2 aromatic rings. The van der Waals surface area contributed by atoms with Crippen molar-refractivity contribution >= 4 is 33.6 Å². The van der Waals surface area contributed by atoms with Crippen LogP contribution in [0.25, 0.3) is 0 Å². The van der Waals surface area contributed by atoms with Gasteiger partial charge in [-0.1, -0.05) is 19.3 Å².